The number of hydrogen-bond acceptors (Lipinski definition) is 3. The van der Waals surface area contributed by atoms with Crippen LogP contribution in [0.5, 0.6) is 0 Å². The fourth-order valence-corrected chi connectivity index (χ4v) is 2.90. The van der Waals surface area contributed by atoms with Crippen molar-refractivity contribution in [1.82, 2.24) is 5.32 Å². The molecule has 1 unspecified atom stereocenters. The lowest BCUT2D eigenvalue weighted by molar-refractivity contribution is -0.122. The molecular weight excluding hydrogens is 306 g/mol. The van der Waals surface area contributed by atoms with Crippen molar-refractivity contribution in [2.45, 2.75) is 18.9 Å². The Morgan fingerprint density at radius 3 is 2.81 bits per heavy atom. The van der Waals surface area contributed by atoms with Gasteiger partial charge >= 0.3 is 0 Å². The second-order valence-electron chi connectivity index (χ2n) is 4.98. The van der Waals surface area contributed by atoms with Gasteiger partial charge in [0, 0.05) is 17.0 Å². The summed E-state index contributed by atoms with van der Waals surface area (Å²) in [6, 6.07) is 11.4. The Balaban J connectivity index is 2.00. The number of carbonyl (C=O) groups excluding carboxylic acids is 1. The van der Waals surface area contributed by atoms with Crippen LogP contribution in [0.2, 0.25) is 5.02 Å². The standard InChI is InChI=1S/C16H18ClNO2S/c1-16(20-2,12-5-3-6-13(17)9-12)11-18-15(19)10-14-7-4-8-21-14/h3-9H,10-11H2,1-2H3,(H,18,19). The normalized spacial score (nSPS) is 13.7. The third-order valence-electron chi connectivity index (χ3n) is 3.42. The fourth-order valence-electron chi connectivity index (χ4n) is 2.01. The van der Waals surface area contributed by atoms with Crippen LogP contribution in [0, 0.1) is 0 Å². The first-order valence-corrected chi connectivity index (χ1v) is 7.89. The van der Waals surface area contributed by atoms with Gasteiger partial charge in [0.25, 0.3) is 0 Å². The van der Waals surface area contributed by atoms with E-state index in [-0.39, 0.29) is 5.91 Å². The highest BCUT2D eigenvalue weighted by Crippen LogP contribution is 2.26. The summed E-state index contributed by atoms with van der Waals surface area (Å²) in [4.78, 5) is 13.0. The SMILES string of the molecule is COC(C)(CNC(=O)Cc1cccs1)c1cccc(Cl)c1. The Labute approximate surface area is 133 Å². The van der Waals surface area contributed by atoms with Crippen LogP contribution in [-0.4, -0.2) is 19.6 Å². The summed E-state index contributed by atoms with van der Waals surface area (Å²) in [5.74, 6) is -0.0113. The van der Waals surface area contributed by atoms with Gasteiger partial charge in [-0.1, -0.05) is 29.8 Å². The Hall–Kier alpha value is -1.36. The summed E-state index contributed by atoms with van der Waals surface area (Å²) < 4.78 is 5.59. The summed E-state index contributed by atoms with van der Waals surface area (Å²) in [5, 5.41) is 5.55. The Kier molecular flexibility index (Phi) is 5.39. The molecule has 3 nitrogen and oxygen atoms in total. The molecule has 1 amide bonds. The molecule has 0 saturated heterocycles. The van der Waals surface area contributed by atoms with E-state index in [1.807, 2.05) is 48.7 Å². The average molecular weight is 324 g/mol. The summed E-state index contributed by atoms with van der Waals surface area (Å²) in [6.07, 6.45) is 0.396. The van der Waals surface area contributed by atoms with Crippen molar-refractivity contribution in [2.24, 2.45) is 0 Å². The molecule has 0 aliphatic rings. The summed E-state index contributed by atoms with van der Waals surface area (Å²) >= 11 is 7.60. The third-order valence-corrected chi connectivity index (χ3v) is 4.54. The number of nitrogens with one attached hydrogen (secondary N) is 1. The predicted molar refractivity (Wildman–Crippen MR) is 86.8 cm³/mol. The Morgan fingerprint density at radius 2 is 2.19 bits per heavy atom. The number of ether oxygens (including phenoxy) is 1. The minimum Gasteiger partial charge on any atom is -0.372 e. The Bertz CT molecular complexity index is 600. The zero-order valence-corrected chi connectivity index (χ0v) is 13.6. The predicted octanol–water partition coefficient (Wildman–Crippen LogP) is 3.62. The van der Waals surface area contributed by atoms with Crippen LogP contribution in [0.4, 0.5) is 0 Å². The quantitative estimate of drug-likeness (QED) is 0.881. The average Bonchev–Trinajstić information content (AvgIpc) is 2.97. The first kappa shape index (κ1) is 16.0. The van der Waals surface area contributed by atoms with Crippen molar-refractivity contribution >= 4 is 28.8 Å². The van der Waals surface area contributed by atoms with Gasteiger partial charge < -0.3 is 10.1 Å². The van der Waals surface area contributed by atoms with Gasteiger partial charge in [0.2, 0.25) is 5.91 Å². The van der Waals surface area contributed by atoms with Crippen LogP contribution in [0.3, 0.4) is 0 Å². The van der Waals surface area contributed by atoms with Crippen LogP contribution in [-0.2, 0) is 21.6 Å². The van der Waals surface area contributed by atoms with Gasteiger partial charge in [-0.3, -0.25) is 4.79 Å². The molecule has 2 aromatic rings. The zero-order valence-electron chi connectivity index (χ0n) is 12.1. The van der Waals surface area contributed by atoms with E-state index in [0.29, 0.717) is 18.0 Å². The number of hydrogen-bond donors (Lipinski definition) is 1. The first-order valence-electron chi connectivity index (χ1n) is 6.64. The smallest absolute Gasteiger partial charge is 0.225 e. The summed E-state index contributed by atoms with van der Waals surface area (Å²) in [7, 11) is 1.63. The van der Waals surface area contributed by atoms with E-state index in [0.717, 1.165) is 10.4 Å². The van der Waals surface area contributed by atoms with E-state index < -0.39 is 5.60 Å². The molecule has 5 heteroatoms. The minimum atomic E-state index is -0.601. The van der Waals surface area contributed by atoms with Crippen molar-refractivity contribution < 1.29 is 9.53 Å². The van der Waals surface area contributed by atoms with Gasteiger partial charge in [0.1, 0.15) is 5.60 Å². The molecule has 1 N–H and O–H groups in total. The van der Waals surface area contributed by atoms with Crippen LogP contribution in [0.15, 0.2) is 41.8 Å². The molecule has 21 heavy (non-hydrogen) atoms. The highest BCUT2D eigenvalue weighted by molar-refractivity contribution is 7.10. The number of benzene rings is 1. The van der Waals surface area contributed by atoms with E-state index in [9.17, 15) is 4.79 Å². The number of carbonyl (C=O) groups is 1. The van der Waals surface area contributed by atoms with Crippen LogP contribution in [0.25, 0.3) is 0 Å². The topological polar surface area (TPSA) is 38.3 Å². The van der Waals surface area contributed by atoms with E-state index in [4.69, 9.17) is 16.3 Å². The van der Waals surface area contributed by atoms with Crippen molar-refractivity contribution in [1.29, 1.82) is 0 Å². The molecular formula is C16H18ClNO2S. The van der Waals surface area contributed by atoms with Crippen molar-refractivity contribution in [3.63, 3.8) is 0 Å². The number of rotatable bonds is 6. The van der Waals surface area contributed by atoms with E-state index in [1.54, 1.807) is 18.4 Å². The molecule has 1 heterocycles. The number of thiophene rings is 1. The van der Waals surface area contributed by atoms with Gasteiger partial charge in [0.05, 0.1) is 13.0 Å². The maximum Gasteiger partial charge on any atom is 0.225 e. The van der Waals surface area contributed by atoms with Gasteiger partial charge in [0.15, 0.2) is 0 Å². The van der Waals surface area contributed by atoms with Crippen molar-refractivity contribution in [2.75, 3.05) is 13.7 Å². The number of methoxy groups -OCH3 is 1. The van der Waals surface area contributed by atoms with Gasteiger partial charge in [-0.05, 0) is 36.1 Å². The molecule has 0 bridgehead atoms. The highest BCUT2D eigenvalue weighted by atomic mass is 35.5. The second-order valence-corrected chi connectivity index (χ2v) is 6.45. The summed E-state index contributed by atoms with van der Waals surface area (Å²) in [5.41, 5.74) is 0.338. The number of halogens is 1. The molecule has 2 rings (SSSR count). The first-order chi connectivity index (χ1) is 10.0. The largest absolute Gasteiger partial charge is 0.372 e. The molecule has 0 aliphatic carbocycles. The number of amides is 1. The van der Waals surface area contributed by atoms with E-state index in [2.05, 4.69) is 5.32 Å². The Morgan fingerprint density at radius 1 is 1.38 bits per heavy atom. The molecule has 0 aliphatic heterocycles. The van der Waals surface area contributed by atoms with Crippen LogP contribution in [0.1, 0.15) is 17.4 Å². The molecule has 1 atom stereocenters. The monoisotopic (exact) mass is 323 g/mol. The van der Waals surface area contributed by atoms with Gasteiger partial charge in [-0.25, -0.2) is 0 Å². The van der Waals surface area contributed by atoms with Crippen LogP contribution >= 0.6 is 22.9 Å². The summed E-state index contributed by atoms with van der Waals surface area (Å²) in [6.45, 7) is 2.33. The third kappa shape index (κ3) is 4.30. The molecule has 0 saturated carbocycles. The van der Waals surface area contributed by atoms with Crippen molar-refractivity contribution in [3.8, 4) is 0 Å². The van der Waals surface area contributed by atoms with Gasteiger partial charge in [-0.15, -0.1) is 11.3 Å². The fraction of sp³-hybridized carbons (Fsp3) is 0.312. The molecule has 0 radical (unpaired) electrons. The molecule has 1 aromatic carbocycles. The lowest BCUT2D eigenvalue weighted by atomic mass is 9.95. The maximum absolute atomic E-state index is 12.0. The molecule has 0 fully saturated rings. The zero-order chi connectivity index (χ0) is 15.3. The molecule has 1 aromatic heterocycles. The second kappa shape index (κ2) is 7.07. The minimum absolute atomic E-state index is 0.0113. The molecule has 112 valence electrons. The maximum atomic E-state index is 12.0. The highest BCUT2D eigenvalue weighted by Gasteiger charge is 2.27. The van der Waals surface area contributed by atoms with Gasteiger partial charge in [-0.2, -0.15) is 0 Å². The van der Waals surface area contributed by atoms with Crippen LogP contribution < -0.4 is 5.32 Å². The van der Waals surface area contributed by atoms with E-state index in [1.165, 1.54) is 0 Å². The van der Waals surface area contributed by atoms with Crippen molar-refractivity contribution in [3.05, 3.63) is 57.2 Å². The van der Waals surface area contributed by atoms with E-state index >= 15 is 0 Å². The molecule has 0 spiro atoms. The lowest BCUT2D eigenvalue weighted by Crippen LogP contribution is -2.40. The lowest BCUT2D eigenvalue weighted by Gasteiger charge is -2.29.